The lowest BCUT2D eigenvalue weighted by molar-refractivity contribution is 0.0939. The third-order valence-electron chi connectivity index (χ3n) is 4.81. The first-order valence-electron chi connectivity index (χ1n) is 9.54. The molecular formula is C22H23N3O2S. The van der Waals surface area contributed by atoms with Crippen molar-refractivity contribution in [1.82, 2.24) is 14.7 Å². The molecule has 0 aliphatic carbocycles. The van der Waals surface area contributed by atoms with Crippen molar-refractivity contribution in [1.29, 1.82) is 0 Å². The van der Waals surface area contributed by atoms with E-state index in [2.05, 4.69) is 16.6 Å². The van der Waals surface area contributed by atoms with Crippen molar-refractivity contribution in [3.8, 4) is 17.0 Å². The first kappa shape index (κ1) is 18.5. The van der Waals surface area contributed by atoms with Crippen LogP contribution in [0.25, 0.3) is 26.4 Å². The Kier molecular flexibility index (Phi) is 5.05. The quantitative estimate of drug-likeness (QED) is 0.493. The summed E-state index contributed by atoms with van der Waals surface area (Å²) >= 11 is 1.59. The largest absolute Gasteiger partial charge is 0.494 e. The predicted octanol–water partition coefficient (Wildman–Crippen LogP) is 5.14. The van der Waals surface area contributed by atoms with E-state index in [1.807, 2.05) is 62.5 Å². The molecule has 2 heterocycles. The van der Waals surface area contributed by atoms with Gasteiger partial charge in [-0.15, -0.1) is 0 Å². The van der Waals surface area contributed by atoms with Crippen LogP contribution in [-0.2, 0) is 0 Å². The number of fused-ring (bicyclic) bond motifs is 3. The van der Waals surface area contributed by atoms with Crippen LogP contribution in [0.3, 0.4) is 0 Å². The van der Waals surface area contributed by atoms with Gasteiger partial charge >= 0.3 is 0 Å². The smallest absolute Gasteiger partial charge is 0.251 e. The highest BCUT2D eigenvalue weighted by atomic mass is 32.1. The summed E-state index contributed by atoms with van der Waals surface area (Å²) < 4.78 is 8.64. The average molecular weight is 394 g/mol. The molecule has 0 radical (unpaired) electrons. The Labute approximate surface area is 168 Å². The Morgan fingerprint density at radius 1 is 1.21 bits per heavy atom. The molecule has 1 N–H and O–H groups in total. The Morgan fingerprint density at radius 2 is 2.00 bits per heavy atom. The summed E-state index contributed by atoms with van der Waals surface area (Å²) in [6.07, 6.45) is 2.96. The van der Waals surface area contributed by atoms with Gasteiger partial charge in [-0.05, 0) is 62.7 Å². The van der Waals surface area contributed by atoms with Crippen LogP contribution >= 0.6 is 11.3 Å². The van der Waals surface area contributed by atoms with E-state index in [1.165, 1.54) is 0 Å². The standard InChI is InChI=1S/C22H23N3O2S/c1-4-14(3)23-21(26)16-8-11-19-20(12-16)28-22-24-18(13-25(19)22)15-6-9-17(10-7-15)27-5-2/h6-14H,4-5H2,1-3H3,(H,23,26)/t14-/m0/s1. The number of imidazole rings is 1. The summed E-state index contributed by atoms with van der Waals surface area (Å²) in [6, 6.07) is 14.0. The summed E-state index contributed by atoms with van der Waals surface area (Å²) in [7, 11) is 0. The molecule has 4 rings (SSSR count). The van der Waals surface area contributed by atoms with Gasteiger partial charge in [0.2, 0.25) is 0 Å². The van der Waals surface area contributed by atoms with Crippen LogP contribution in [0.4, 0.5) is 0 Å². The highest BCUT2D eigenvalue weighted by Crippen LogP contribution is 2.30. The van der Waals surface area contributed by atoms with Crippen molar-refractivity contribution < 1.29 is 9.53 Å². The highest BCUT2D eigenvalue weighted by Gasteiger charge is 2.14. The number of aromatic nitrogens is 2. The molecule has 5 nitrogen and oxygen atoms in total. The van der Waals surface area contributed by atoms with Crippen molar-refractivity contribution in [2.45, 2.75) is 33.2 Å². The fraction of sp³-hybridized carbons (Fsp3) is 0.273. The van der Waals surface area contributed by atoms with Crippen molar-refractivity contribution >= 4 is 32.4 Å². The molecule has 144 valence electrons. The van der Waals surface area contributed by atoms with E-state index < -0.39 is 0 Å². The zero-order chi connectivity index (χ0) is 19.7. The van der Waals surface area contributed by atoms with Crippen LogP contribution in [0.15, 0.2) is 48.7 Å². The number of carbonyl (C=O) groups is 1. The third-order valence-corrected chi connectivity index (χ3v) is 5.82. The molecule has 1 atom stereocenters. The lowest BCUT2D eigenvalue weighted by Gasteiger charge is -2.11. The van der Waals surface area contributed by atoms with Crippen molar-refractivity contribution in [2.24, 2.45) is 0 Å². The Bertz CT molecular complexity index is 1130. The van der Waals surface area contributed by atoms with Gasteiger partial charge in [0.25, 0.3) is 5.91 Å². The van der Waals surface area contributed by atoms with E-state index in [0.717, 1.165) is 38.6 Å². The number of amides is 1. The maximum Gasteiger partial charge on any atom is 0.251 e. The average Bonchev–Trinajstić information content (AvgIpc) is 3.26. The maximum absolute atomic E-state index is 12.4. The molecule has 2 aromatic carbocycles. The topological polar surface area (TPSA) is 55.6 Å². The Hall–Kier alpha value is -2.86. The summed E-state index contributed by atoms with van der Waals surface area (Å²) in [5.74, 6) is 0.832. The fourth-order valence-corrected chi connectivity index (χ4v) is 4.13. The summed E-state index contributed by atoms with van der Waals surface area (Å²) in [4.78, 5) is 18.1. The molecule has 0 aliphatic rings. The van der Waals surface area contributed by atoms with E-state index in [-0.39, 0.29) is 11.9 Å². The van der Waals surface area contributed by atoms with Crippen LogP contribution in [0.2, 0.25) is 0 Å². The number of carbonyl (C=O) groups excluding carboxylic acids is 1. The van der Waals surface area contributed by atoms with Gasteiger partial charge in [-0.2, -0.15) is 0 Å². The molecule has 4 aromatic rings. The SMILES string of the molecule is CCOc1ccc(-c2cn3c(n2)sc2cc(C(=O)N[C@@H](C)CC)ccc23)cc1. The van der Waals surface area contributed by atoms with Gasteiger partial charge in [0.05, 0.1) is 22.5 Å². The molecule has 0 bridgehead atoms. The van der Waals surface area contributed by atoms with Gasteiger partial charge in [0.1, 0.15) is 5.75 Å². The van der Waals surface area contributed by atoms with Crippen LogP contribution in [0, 0.1) is 0 Å². The lowest BCUT2D eigenvalue weighted by Crippen LogP contribution is -2.31. The number of hydrogen-bond acceptors (Lipinski definition) is 4. The van der Waals surface area contributed by atoms with Gasteiger partial charge in [-0.3, -0.25) is 9.20 Å². The first-order chi connectivity index (χ1) is 13.6. The zero-order valence-electron chi connectivity index (χ0n) is 16.2. The molecule has 0 aliphatic heterocycles. The molecule has 0 spiro atoms. The van der Waals surface area contributed by atoms with Crippen molar-refractivity contribution in [3.63, 3.8) is 0 Å². The minimum absolute atomic E-state index is 0.0302. The van der Waals surface area contributed by atoms with E-state index in [9.17, 15) is 4.79 Å². The number of rotatable bonds is 6. The minimum atomic E-state index is -0.0302. The number of hydrogen-bond donors (Lipinski definition) is 1. The molecular weight excluding hydrogens is 370 g/mol. The van der Waals surface area contributed by atoms with Crippen LogP contribution in [0.1, 0.15) is 37.6 Å². The van der Waals surface area contributed by atoms with E-state index >= 15 is 0 Å². The van der Waals surface area contributed by atoms with E-state index in [4.69, 9.17) is 9.72 Å². The molecule has 6 heteroatoms. The second kappa shape index (κ2) is 7.64. The summed E-state index contributed by atoms with van der Waals surface area (Å²) in [5.41, 5.74) is 3.72. The maximum atomic E-state index is 12.4. The van der Waals surface area contributed by atoms with Crippen molar-refractivity contribution in [2.75, 3.05) is 6.61 Å². The molecule has 1 amide bonds. The molecule has 0 saturated carbocycles. The second-order valence-electron chi connectivity index (χ2n) is 6.80. The van der Waals surface area contributed by atoms with Crippen LogP contribution in [0.5, 0.6) is 5.75 Å². The monoisotopic (exact) mass is 393 g/mol. The fourth-order valence-electron chi connectivity index (χ4n) is 3.08. The third kappa shape index (κ3) is 3.47. The van der Waals surface area contributed by atoms with E-state index in [1.54, 1.807) is 11.3 Å². The number of nitrogens with one attached hydrogen (secondary N) is 1. The molecule has 0 unspecified atom stereocenters. The second-order valence-corrected chi connectivity index (χ2v) is 7.81. The molecule has 0 saturated heterocycles. The number of thiazole rings is 1. The summed E-state index contributed by atoms with van der Waals surface area (Å²) in [5, 5.41) is 3.02. The van der Waals surface area contributed by atoms with Gasteiger partial charge in [-0.1, -0.05) is 18.3 Å². The first-order valence-corrected chi connectivity index (χ1v) is 10.4. The number of ether oxygens (including phenoxy) is 1. The minimum Gasteiger partial charge on any atom is -0.494 e. The molecule has 2 aromatic heterocycles. The number of nitrogens with zero attached hydrogens (tertiary/aromatic N) is 2. The normalized spacial score (nSPS) is 12.4. The number of benzene rings is 2. The molecule has 28 heavy (non-hydrogen) atoms. The summed E-state index contributed by atoms with van der Waals surface area (Å²) in [6.45, 7) is 6.70. The molecule has 0 fully saturated rings. The Morgan fingerprint density at radius 3 is 2.71 bits per heavy atom. The van der Waals surface area contributed by atoms with Gasteiger partial charge < -0.3 is 10.1 Å². The van der Waals surface area contributed by atoms with Crippen LogP contribution < -0.4 is 10.1 Å². The lowest BCUT2D eigenvalue weighted by atomic mass is 10.1. The predicted molar refractivity (Wildman–Crippen MR) is 114 cm³/mol. The van der Waals surface area contributed by atoms with Gasteiger partial charge in [0.15, 0.2) is 4.96 Å². The zero-order valence-corrected chi connectivity index (χ0v) is 17.0. The Balaban J connectivity index is 1.65. The van der Waals surface area contributed by atoms with Crippen LogP contribution in [-0.4, -0.2) is 27.9 Å². The highest BCUT2D eigenvalue weighted by molar-refractivity contribution is 7.23. The van der Waals surface area contributed by atoms with Gasteiger partial charge in [-0.25, -0.2) is 4.98 Å². The van der Waals surface area contributed by atoms with Gasteiger partial charge in [0, 0.05) is 23.4 Å². The van der Waals surface area contributed by atoms with E-state index in [0.29, 0.717) is 12.2 Å². The van der Waals surface area contributed by atoms with Crippen molar-refractivity contribution in [3.05, 3.63) is 54.2 Å².